The second-order valence-electron chi connectivity index (χ2n) is 7.34. The van der Waals surface area contributed by atoms with E-state index in [0.29, 0.717) is 6.54 Å². The van der Waals surface area contributed by atoms with Crippen molar-refractivity contribution in [2.75, 3.05) is 32.7 Å². The second kappa shape index (κ2) is 11.9. The van der Waals surface area contributed by atoms with Gasteiger partial charge in [0.05, 0.1) is 10.5 Å². The Morgan fingerprint density at radius 3 is 2.25 bits per heavy atom. The molecule has 1 amide bonds. The predicted molar refractivity (Wildman–Crippen MR) is 122 cm³/mol. The van der Waals surface area contributed by atoms with Crippen LogP contribution in [0.3, 0.4) is 0 Å². The molecule has 0 aliphatic carbocycles. The Bertz CT molecular complexity index is 1010. The number of sulfonamides is 1. The summed E-state index contributed by atoms with van der Waals surface area (Å²) in [7, 11) is -4.06. The number of carbonyl (C=O) groups excluding carboxylic acids is 1. The minimum Gasteiger partial charge on any atom is -0.478 e. The molecule has 1 fully saturated rings. The highest BCUT2D eigenvalue weighted by Gasteiger charge is 2.19. The maximum atomic E-state index is 12.3. The SMILES string of the molecule is Cl.O=C(CCN1CCN(Cc2ccccc2)CC1)NNS(=O)(=O)c1cccc(C(=O)O)c1. The van der Waals surface area contributed by atoms with Gasteiger partial charge in [0, 0.05) is 45.7 Å². The van der Waals surface area contributed by atoms with E-state index in [0.717, 1.165) is 38.8 Å². The Kier molecular flexibility index (Phi) is 9.60. The van der Waals surface area contributed by atoms with Crippen molar-refractivity contribution in [3.05, 3.63) is 65.7 Å². The van der Waals surface area contributed by atoms with Gasteiger partial charge >= 0.3 is 5.97 Å². The average Bonchev–Trinajstić information content (AvgIpc) is 2.78. The van der Waals surface area contributed by atoms with Crippen LogP contribution in [0.15, 0.2) is 59.5 Å². The summed E-state index contributed by atoms with van der Waals surface area (Å²) in [5.74, 6) is -1.69. The van der Waals surface area contributed by atoms with E-state index in [1.165, 1.54) is 23.8 Å². The van der Waals surface area contributed by atoms with Gasteiger partial charge in [-0.25, -0.2) is 13.2 Å². The first-order chi connectivity index (χ1) is 14.8. The topological polar surface area (TPSA) is 119 Å². The number of hydrogen-bond acceptors (Lipinski definition) is 6. The van der Waals surface area contributed by atoms with Crippen molar-refractivity contribution < 1.29 is 23.1 Å². The minimum absolute atomic E-state index is 0. The summed E-state index contributed by atoms with van der Waals surface area (Å²) in [6.45, 7) is 4.93. The fourth-order valence-electron chi connectivity index (χ4n) is 3.31. The summed E-state index contributed by atoms with van der Waals surface area (Å²) in [4.78, 5) is 29.4. The molecule has 0 spiro atoms. The summed E-state index contributed by atoms with van der Waals surface area (Å²) in [5, 5.41) is 8.98. The van der Waals surface area contributed by atoms with Crippen LogP contribution in [0.5, 0.6) is 0 Å². The van der Waals surface area contributed by atoms with Gasteiger partial charge in [0.25, 0.3) is 10.0 Å². The first kappa shape index (κ1) is 25.8. The molecular formula is C21H27ClN4O5S. The molecule has 1 aliphatic heterocycles. The van der Waals surface area contributed by atoms with Gasteiger partial charge in [-0.3, -0.25) is 15.1 Å². The zero-order valence-electron chi connectivity index (χ0n) is 17.4. The van der Waals surface area contributed by atoms with Gasteiger partial charge in [-0.15, -0.1) is 17.2 Å². The van der Waals surface area contributed by atoms with Crippen molar-refractivity contribution in [3.63, 3.8) is 0 Å². The molecule has 3 N–H and O–H groups in total. The summed E-state index contributed by atoms with van der Waals surface area (Å²) in [6.07, 6.45) is 0.149. The van der Waals surface area contributed by atoms with Crippen molar-refractivity contribution in [2.24, 2.45) is 0 Å². The van der Waals surface area contributed by atoms with E-state index in [4.69, 9.17) is 5.11 Å². The Hall–Kier alpha value is -2.50. The highest BCUT2D eigenvalue weighted by atomic mass is 35.5. The van der Waals surface area contributed by atoms with Crippen molar-refractivity contribution in [2.45, 2.75) is 17.9 Å². The molecule has 0 radical (unpaired) electrons. The minimum atomic E-state index is -4.06. The molecule has 1 aliphatic rings. The number of amides is 1. The lowest BCUT2D eigenvalue weighted by Gasteiger charge is -2.34. The third kappa shape index (κ3) is 7.57. The fourth-order valence-corrected chi connectivity index (χ4v) is 4.22. The van der Waals surface area contributed by atoms with Gasteiger partial charge in [-0.05, 0) is 23.8 Å². The summed E-state index contributed by atoms with van der Waals surface area (Å²) in [5.41, 5.74) is 3.31. The number of hydrazine groups is 1. The van der Waals surface area contributed by atoms with E-state index in [1.54, 1.807) is 0 Å². The maximum absolute atomic E-state index is 12.3. The van der Waals surface area contributed by atoms with Gasteiger partial charge in [0.15, 0.2) is 0 Å². The lowest BCUT2D eigenvalue weighted by molar-refractivity contribution is -0.122. The number of halogens is 1. The highest BCUT2D eigenvalue weighted by molar-refractivity contribution is 7.89. The van der Waals surface area contributed by atoms with Crippen LogP contribution in [-0.2, 0) is 21.4 Å². The van der Waals surface area contributed by atoms with Crippen molar-refractivity contribution in [1.29, 1.82) is 0 Å². The third-order valence-electron chi connectivity index (χ3n) is 5.09. The molecule has 0 unspecified atom stereocenters. The van der Waals surface area contributed by atoms with E-state index < -0.39 is 21.9 Å². The van der Waals surface area contributed by atoms with Crippen molar-refractivity contribution >= 4 is 34.3 Å². The number of carboxylic acids is 1. The zero-order valence-corrected chi connectivity index (χ0v) is 19.1. The average molecular weight is 483 g/mol. The number of nitrogens with one attached hydrogen (secondary N) is 2. The Labute approximate surface area is 193 Å². The van der Waals surface area contributed by atoms with E-state index in [-0.39, 0.29) is 29.3 Å². The second-order valence-corrected chi connectivity index (χ2v) is 9.02. The van der Waals surface area contributed by atoms with Gasteiger partial charge in [-0.1, -0.05) is 36.4 Å². The first-order valence-corrected chi connectivity index (χ1v) is 11.4. The number of benzene rings is 2. The van der Waals surface area contributed by atoms with Gasteiger partial charge in [-0.2, -0.15) is 0 Å². The molecule has 0 saturated carbocycles. The van der Waals surface area contributed by atoms with Crippen LogP contribution in [0.4, 0.5) is 0 Å². The molecule has 9 nitrogen and oxygen atoms in total. The molecule has 32 heavy (non-hydrogen) atoms. The van der Waals surface area contributed by atoms with Crippen LogP contribution in [-0.4, -0.2) is 67.9 Å². The quantitative estimate of drug-likeness (QED) is 0.461. The highest BCUT2D eigenvalue weighted by Crippen LogP contribution is 2.11. The van der Waals surface area contributed by atoms with Crippen molar-refractivity contribution in [1.82, 2.24) is 20.1 Å². The largest absolute Gasteiger partial charge is 0.478 e. The van der Waals surface area contributed by atoms with E-state index in [9.17, 15) is 18.0 Å². The summed E-state index contributed by atoms with van der Waals surface area (Å²) < 4.78 is 24.5. The smallest absolute Gasteiger partial charge is 0.335 e. The van der Waals surface area contributed by atoms with Crippen LogP contribution >= 0.6 is 12.4 Å². The third-order valence-corrected chi connectivity index (χ3v) is 6.33. The molecule has 2 aromatic rings. The molecule has 174 valence electrons. The number of piperazine rings is 1. The number of carbonyl (C=O) groups is 2. The zero-order chi connectivity index (χ0) is 22.3. The Morgan fingerprint density at radius 1 is 0.938 bits per heavy atom. The summed E-state index contributed by atoms with van der Waals surface area (Å²) >= 11 is 0. The fraction of sp³-hybridized carbons (Fsp3) is 0.333. The molecule has 2 aromatic carbocycles. The number of hydrogen-bond donors (Lipinski definition) is 3. The standard InChI is InChI=1S/C21H26N4O5S.ClH/c26-20(22-23-31(29,30)19-8-4-7-18(15-19)21(27)28)9-10-24-11-13-25(14-12-24)16-17-5-2-1-3-6-17;/h1-8,15,23H,9-14,16H2,(H,22,26)(H,27,28);1H. The molecule has 11 heteroatoms. The predicted octanol–water partition coefficient (Wildman–Crippen LogP) is 1.32. The first-order valence-electron chi connectivity index (χ1n) is 9.96. The van der Waals surface area contributed by atoms with E-state index in [2.05, 4.69) is 27.4 Å². The van der Waals surface area contributed by atoms with Crippen LogP contribution < -0.4 is 10.3 Å². The van der Waals surface area contributed by atoms with E-state index in [1.807, 2.05) is 23.0 Å². The normalized spacial score (nSPS) is 15.0. The molecule has 0 aromatic heterocycles. The molecule has 1 heterocycles. The monoisotopic (exact) mass is 482 g/mol. The molecule has 0 bridgehead atoms. The van der Waals surface area contributed by atoms with Crippen LogP contribution in [0, 0.1) is 0 Å². The number of aromatic carboxylic acids is 1. The summed E-state index contributed by atoms with van der Waals surface area (Å²) in [6, 6.07) is 15.2. The lowest BCUT2D eigenvalue weighted by Crippen LogP contribution is -2.47. The van der Waals surface area contributed by atoms with Crippen LogP contribution in [0.25, 0.3) is 0 Å². The number of nitrogens with zero attached hydrogens (tertiary/aromatic N) is 2. The maximum Gasteiger partial charge on any atom is 0.335 e. The number of rotatable bonds is 9. The lowest BCUT2D eigenvalue weighted by atomic mass is 10.2. The Balaban J connectivity index is 0.00000363. The van der Waals surface area contributed by atoms with E-state index >= 15 is 0 Å². The Morgan fingerprint density at radius 2 is 1.59 bits per heavy atom. The van der Waals surface area contributed by atoms with Gasteiger partial charge in [0.1, 0.15) is 0 Å². The van der Waals surface area contributed by atoms with Crippen molar-refractivity contribution in [3.8, 4) is 0 Å². The molecule has 3 rings (SSSR count). The van der Waals surface area contributed by atoms with Crippen LogP contribution in [0.2, 0.25) is 0 Å². The molecule has 1 saturated heterocycles. The van der Waals surface area contributed by atoms with Gasteiger partial charge in [0.2, 0.25) is 5.91 Å². The molecule has 0 atom stereocenters. The van der Waals surface area contributed by atoms with Crippen LogP contribution in [0.1, 0.15) is 22.3 Å². The van der Waals surface area contributed by atoms with Gasteiger partial charge < -0.3 is 10.0 Å². The molecular weight excluding hydrogens is 456 g/mol. The number of carboxylic acid groups (broad SMARTS) is 1.